The molecule has 0 N–H and O–H groups in total. The fraction of sp³-hybridized carbons (Fsp3) is 0.417. The van der Waals surface area contributed by atoms with E-state index >= 15 is 0 Å². The first-order valence-corrected chi connectivity index (χ1v) is 10.9. The number of fused-ring (bicyclic) bond motifs is 1. The van der Waals surface area contributed by atoms with Crippen LogP contribution in [-0.2, 0) is 4.79 Å². The number of nitrogens with zero attached hydrogens (tertiary/aromatic N) is 3. The van der Waals surface area contributed by atoms with Crippen molar-refractivity contribution in [3.8, 4) is 0 Å². The summed E-state index contributed by atoms with van der Waals surface area (Å²) in [5.41, 5.74) is 0.519. The lowest BCUT2D eigenvalue weighted by Crippen LogP contribution is -2.48. The molecule has 2 amide bonds. The van der Waals surface area contributed by atoms with Gasteiger partial charge < -0.3 is 4.90 Å². The first-order valence-electron chi connectivity index (χ1n) is 10.9. The molecule has 1 atom stereocenters. The van der Waals surface area contributed by atoms with Gasteiger partial charge in [-0.2, -0.15) is 0 Å². The van der Waals surface area contributed by atoms with Gasteiger partial charge in [0.2, 0.25) is 5.91 Å². The Balaban J connectivity index is 1.32. The van der Waals surface area contributed by atoms with E-state index in [9.17, 15) is 22.8 Å². The van der Waals surface area contributed by atoms with Crippen LogP contribution in [0.3, 0.4) is 0 Å². The van der Waals surface area contributed by atoms with Gasteiger partial charge in [0.1, 0.15) is 17.5 Å². The predicted molar refractivity (Wildman–Crippen MR) is 111 cm³/mol. The van der Waals surface area contributed by atoms with Crippen molar-refractivity contribution in [1.82, 2.24) is 14.9 Å². The van der Waals surface area contributed by atoms with Crippen molar-refractivity contribution in [3.05, 3.63) is 70.5 Å². The minimum Gasteiger partial charge on any atom is -0.339 e. The first kappa shape index (κ1) is 21.0. The zero-order valence-corrected chi connectivity index (χ0v) is 17.8. The number of amides is 2. The van der Waals surface area contributed by atoms with Crippen molar-refractivity contribution in [2.45, 2.75) is 32.2 Å². The third kappa shape index (κ3) is 3.28. The molecule has 2 aromatic carbocycles. The van der Waals surface area contributed by atoms with Crippen LogP contribution in [0.5, 0.6) is 0 Å². The number of carbonyl (C=O) groups is 2. The lowest BCUT2D eigenvalue weighted by Gasteiger charge is -2.38. The number of hydrogen-bond donors (Lipinski definition) is 0. The van der Waals surface area contributed by atoms with E-state index in [1.165, 1.54) is 24.3 Å². The zero-order valence-electron chi connectivity index (χ0n) is 17.8. The average molecular weight is 443 g/mol. The maximum atomic E-state index is 13.9. The Morgan fingerprint density at radius 1 is 1.03 bits per heavy atom. The molecule has 0 aromatic heterocycles. The Kier molecular flexibility index (Phi) is 5.00. The fourth-order valence-electron chi connectivity index (χ4n) is 5.38. The quantitative estimate of drug-likeness (QED) is 0.709. The maximum absolute atomic E-state index is 13.9. The molecular weight excluding hydrogens is 419 g/mol. The van der Waals surface area contributed by atoms with Gasteiger partial charge in [0, 0.05) is 37.8 Å². The zero-order chi connectivity index (χ0) is 22.6. The van der Waals surface area contributed by atoms with Crippen LogP contribution in [0.4, 0.5) is 13.2 Å². The van der Waals surface area contributed by atoms with Crippen LogP contribution in [0, 0.1) is 29.8 Å². The van der Waals surface area contributed by atoms with Crippen LogP contribution in [0.15, 0.2) is 36.4 Å². The first-order chi connectivity index (χ1) is 15.3. The predicted octanol–water partition coefficient (Wildman–Crippen LogP) is 3.84. The molecule has 168 valence electrons. The van der Waals surface area contributed by atoms with Crippen molar-refractivity contribution in [3.63, 3.8) is 0 Å². The summed E-state index contributed by atoms with van der Waals surface area (Å²) < 4.78 is 41.4. The molecule has 0 bridgehead atoms. The normalized spacial score (nSPS) is 22.6. The third-order valence-electron chi connectivity index (χ3n) is 7.18. The van der Waals surface area contributed by atoms with Crippen LogP contribution in [0.1, 0.15) is 46.8 Å². The maximum Gasteiger partial charge on any atom is 0.254 e. The molecule has 3 saturated heterocycles. The van der Waals surface area contributed by atoms with Crippen molar-refractivity contribution < 1.29 is 22.8 Å². The molecule has 3 aliphatic heterocycles. The second-order valence-corrected chi connectivity index (χ2v) is 9.03. The number of halogens is 3. The Hall–Kier alpha value is -2.87. The van der Waals surface area contributed by atoms with E-state index in [1.807, 2.05) is 5.01 Å². The molecule has 3 heterocycles. The van der Waals surface area contributed by atoms with E-state index in [2.05, 4.69) is 0 Å². The van der Waals surface area contributed by atoms with Gasteiger partial charge in [0.25, 0.3) is 5.91 Å². The molecule has 5 nitrogen and oxygen atoms in total. The van der Waals surface area contributed by atoms with Gasteiger partial charge in [-0.15, -0.1) is 0 Å². The standard InChI is InChI=1S/C24H24F3N3O2/c1-15-19(3-2-4-20(15)27)22(31)28-9-6-24(7-10-28)14-29-8-5-21(30(29)23(24)32)16-11-17(25)13-18(26)12-16/h2-4,11-13,21H,5-10,14H2,1H3/t21-/m0/s1. The van der Waals surface area contributed by atoms with Crippen molar-refractivity contribution in [1.29, 1.82) is 0 Å². The van der Waals surface area contributed by atoms with Crippen LogP contribution in [0.25, 0.3) is 0 Å². The molecule has 0 saturated carbocycles. The fourth-order valence-corrected chi connectivity index (χ4v) is 5.38. The van der Waals surface area contributed by atoms with E-state index in [4.69, 9.17) is 0 Å². The highest BCUT2D eigenvalue weighted by Gasteiger charge is 2.56. The Morgan fingerprint density at radius 2 is 1.72 bits per heavy atom. The van der Waals surface area contributed by atoms with Gasteiger partial charge >= 0.3 is 0 Å². The minimum atomic E-state index is -0.653. The van der Waals surface area contributed by atoms with Crippen molar-refractivity contribution >= 4 is 11.8 Å². The molecule has 0 aliphatic carbocycles. The summed E-state index contributed by atoms with van der Waals surface area (Å²) in [6.45, 7) is 3.58. The number of hydrogen-bond acceptors (Lipinski definition) is 3. The van der Waals surface area contributed by atoms with Gasteiger partial charge in [-0.3, -0.25) is 14.6 Å². The average Bonchev–Trinajstić information content (AvgIpc) is 3.28. The van der Waals surface area contributed by atoms with E-state index in [0.29, 0.717) is 62.1 Å². The summed E-state index contributed by atoms with van der Waals surface area (Å²) in [5.74, 6) is -1.99. The van der Waals surface area contributed by atoms with E-state index in [0.717, 1.165) is 6.07 Å². The number of rotatable bonds is 2. The van der Waals surface area contributed by atoms with Gasteiger partial charge in [-0.05, 0) is 61.6 Å². The molecule has 0 unspecified atom stereocenters. The topological polar surface area (TPSA) is 43.9 Å². The second-order valence-electron chi connectivity index (χ2n) is 9.03. The molecular formula is C24H24F3N3O2. The van der Waals surface area contributed by atoms with Crippen LogP contribution in [0.2, 0.25) is 0 Å². The van der Waals surface area contributed by atoms with Crippen LogP contribution in [-0.4, -0.2) is 52.9 Å². The molecule has 3 aliphatic rings. The Morgan fingerprint density at radius 3 is 2.41 bits per heavy atom. The summed E-state index contributed by atoms with van der Waals surface area (Å²) in [6, 6.07) is 7.50. The highest BCUT2D eigenvalue weighted by Crippen LogP contribution is 2.47. The van der Waals surface area contributed by atoms with Gasteiger partial charge in [0.05, 0.1) is 11.5 Å². The molecule has 5 rings (SSSR count). The molecule has 1 spiro atoms. The minimum absolute atomic E-state index is 0.0429. The largest absolute Gasteiger partial charge is 0.339 e. The number of piperidine rings is 1. The van der Waals surface area contributed by atoms with E-state index in [1.54, 1.807) is 22.9 Å². The summed E-state index contributed by atoms with van der Waals surface area (Å²) in [6.07, 6.45) is 1.63. The SMILES string of the molecule is Cc1c(F)cccc1C(=O)N1CCC2(CC1)CN1CC[C@@H](c3cc(F)cc(F)c3)N1C2=O. The molecule has 32 heavy (non-hydrogen) atoms. The lowest BCUT2D eigenvalue weighted by molar-refractivity contribution is -0.144. The monoisotopic (exact) mass is 443 g/mol. The van der Waals surface area contributed by atoms with Crippen molar-refractivity contribution in [2.24, 2.45) is 5.41 Å². The molecule has 2 aromatic rings. The number of carbonyl (C=O) groups excluding carboxylic acids is 2. The number of benzene rings is 2. The second kappa shape index (κ2) is 7.62. The molecule has 0 radical (unpaired) electrons. The highest BCUT2D eigenvalue weighted by molar-refractivity contribution is 5.96. The Bertz CT molecular complexity index is 1080. The molecule has 8 heteroatoms. The lowest BCUT2D eigenvalue weighted by atomic mass is 9.77. The van der Waals surface area contributed by atoms with Crippen LogP contribution >= 0.6 is 0 Å². The highest BCUT2D eigenvalue weighted by atomic mass is 19.1. The van der Waals surface area contributed by atoms with Gasteiger partial charge in [0.15, 0.2) is 0 Å². The summed E-state index contributed by atoms with van der Waals surface area (Å²) in [4.78, 5) is 28.1. The van der Waals surface area contributed by atoms with E-state index < -0.39 is 22.9 Å². The number of likely N-dealkylation sites (tertiary alicyclic amines) is 1. The van der Waals surface area contributed by atoms with Crippen molar-refractivity contribution in [2.75, 3.05) is 26.2 Å². The summed E-state index contributed by atoms with van der Waals surface area (Å²) >= 11 is 0. The molecule has 3 fully saturated rings. The summed E-state index contributed by atoms with van der Waals surface area (Å²) in [7, 11) is 0. The third-order valence-corrected chi connectivity index (χ3v) is 7.18. The Labute approximate surface area is 184 Å². The summed E-state index contributed by atoms with van der Waals surface area (Å²) in [5, 5.41) is 3.65. The van der Waals surface area contributed by atoms with Gasteiger partial charge in [-0.25, -0.2) is 18.2 Å². The smallest absolute Gasteiger partial charge is 0.254 e. The van der Waals surface area contributed by atoms with Crippen LogP contribution < -0.4 is 0 Å². The number of hydrazine groups is 1. The van der Waals surface area contributed by atoms with Gasteiger partial charge in [-0.1, -0.05) is 6.07 Å². The van der Waals surface area contributed by atoms with E-state index in [-0.39, 0.29) is 17.9 Å².